The highest BCUT2D eigenvalue weighted by atomic mass is 16.2. The number of fused-ring (bicyclic) bond motifs is 1. The van der Waals surface area contributed by atoms with Crippen LogP contribution in [0.3, 0.4) is 0 Å². The van der Waals surface area contributed by atoms with Crippen molar-refractivity contribution < 1.29 is 4.79 Å². The van der Waals surface area contributed by atoms with Crippen molar-refractivity contribution in [2.24, 2.45) is 5.92 Å². The van der Waals surface area contributed by atoms with Gasteiger partial charge in [0, 0.05) is 30.4 Å². The van der Waals surface area contributed by atoms with Crippen LogP contribution in [0.5, 0.6) is 0 Å². The molecule has 4 nitrogen and oxygen atoms in total. The second-order valence-corrected chi connectivity index (χ2v) is 7.68. The normalized spacial score (nSPS) is 25.4. The summed E-state index contributed by atoms with van der Waals surface area (Å²) in [6.07, 6.45) is 5.56. The van der Waals surface area contributed by atoms with E-state index in [1.807, 2.05) is 0 Å². The van der Waals surface area contributed by atoms with Crippen LogP contribution in [-0.2, 0) is 6.54 Å². The van der Waals surface area contributed by atoms with Gasteiger partial charge in [-0.15, -0.1) is 0 Å². The van der Waals surface area contributed by atoms with Crippen molar-refractivity contribution in [2.75, 3.05) is 26.7 Å². The molecule has 1 aromatic carbocycles. The third-order valence-electron chi connectivity index (χ3n) is 5.75. The first-order valence-corrected chi connectivity index (χ1v) is 9.18. The van der Waals surface area contributed by atoms with Crippen LogP contribution in [0.2, 0.25) is 0 Å². The van der Waals surface area contributed by atoms with E-state index in [4.69, 9.17) is 0 Å². The first kappa shape index (κ1) is 15.7. The predicted molar refractivity (Wildman–Crippen MR) is 96.6 cm³/mol. The molecule has 3 heterocycles. The van der Waals surface area contributed by atoms with E-state index in [0.29, 0.717) is 12.0 Å². The molecular weight excluding hydrogens is 298 g/mol. The number of rotatable bonds is 2. The fourth-order valence-corrected chi connectivity index (χ4v) is 4.07. The number of carbonyl (C=O) groups is 1. The third kappa shape index (κ3) is 2.84. The molecule has 1 amide bonds. The van der Waals surface area contributed by atoms with Crippen LogP contribution in [0.15, 0.2) is 24.3 Å². The molecule has 1 aromatic rings. The average molecular weight is 325 g/mol. The maximum atomic E-state index is 12.9. The zero-order chi connectivity index (χ0) is 16.7. The van der Waals surface area contributed by atoms with Gasteiger partial charge in [-0.2, -0.15) is 0 Å². The lowest BCUT2D eigenvalue weighted by Gasteiger charge is -2.34. The maximum absolute atomic E-state index is 12.9. The SMILES string of the molecule is C[C@H]1CC=C(c2ccc3c(c2)C(=O)N(C2CCN(C)CC2)C3)NC1. The quantitative estimate of drug-likeness (QED) is 0.908. The van der Waals surface area contributed by atoms with Gasteiger partial charge >= 0.3 is 0 Å². The molecule has 128 valence electrons. The molecule has 0 unspecified atom stereocenters. The molecule has 1 fully saturated rings. The van der Waals surface area contributed by atoms with Crippen LogP contribution >= 0.6 is 0 Å². The topological polar surface area (TPSA) is 35.6 Å². The highest BCUT2D eigenvalue weighted by Crippen LogP contribution is 2.31. The van der Waals surface area contributed by atoms with Crippen molar-refractivity contribution >= 4 is 11.6 Å². The van der Waals surface area contributed by atoms with Crippen LogP contribution in [0, 0.1) is 5.92 Å². The number of piperidine rings is 1. The van der Waals surface area contributed by atoms with E-state index < -0.39 is 0 Å². The van der Waals surface area contributed by atoms with Gasteiger partial charge in [0.05, 0.1) is 0 Å². The molecule has 0 spiro atoms. The summed E-state index contributed by atoms with van der Waals surface area (Å²) in [5, 5.41) is 3.50. The lowest BCUT2D eigenvalue weighted by molar-refractivity contribution is 0.0617. The molecule has 1 saturated heterocycles. The van der Waals surface area contributed by atoms with Crippen LogP contribution in [-0.4, -0.2) is 48.4 Å². The van der Waals surface area contributed by atoms with Gasteiger partial charge in [-0.3, -0.25) is 4.79 Å². The fraction of sp³-hybridized carbons (Fsp3) is 0.550. The molecule has 0 saturated carbocycles. The lowest BCUT2D eigenvalue weighted by atomic mass is 9.98. The monoisotopic (exact) mass is 325 g/mol. The summed E-state index contributed by atoms with van der Waals surface area (Å²) in [6.45, 7) is 6.23. The summed E-state index contributed by atoms with van der Waals surface area (Å²) in [6, 6.07) is 6.82. The van der Waals surface area contributed by atoms with Crippen molar-refractivity contribution in [3.8, 4) is 0 Å². The Morgan fingerprint density at radius 1 is 1.21 bits per heavy atom. The van der Waals surface area contributed by atoms with Gasteiger partial charge < -0.3 is 15.1 Å². The van der Waals surface area contributed by atoms with Gasteiger partial charge in [0.2, 0.25) is 0 Å². The molecule has 4 rings (SSSR count). The number of likely N-dealkylation sites (tertiary alicyclic amines) is 1. The molecule has 3 aliphatic heterocycles. The minimum Gasteiger partial charge on any atom is -0.385 e. The van der Waals surface area contributed by atoms with Gasteiger partial charge in [0.25, 0.3) is 5.91 Å². The molecular formula is C20H27N3O. The second-order valence-electron chi connectivity index (χ2n) is 7.68. The van der Waals surface area contributed by atoms with Crippen LogP contribution in [0.1, 0.15) is 47.7 Å². The number of allylic oxidation sites excluding steroid dienone is 1. The Morgan fingerprint density at radius 3 is 2.71 bits per heavy atom. The standard InChI is InChI=1S/C20H27N3O/c1-14-3-6-19(21-12-14)15-4-5-16-13-23(20(24)18(16)11-15)17-7-9-22(2)10-8-17/h4-6,11,14,17,21H,3,7-10,12-13H2,1-2H3/t14-/m0/s1. The summed E-state index contributed by atoms with van der Waals surface area (Å²) in [5.41, 5.74) is 4.43. The summed E-state index contributed by atoms with van der Waals surface area (Å²) in [4.78, 5) is 17.4. The third-order valence-corrected chi connectivity index (χ3v) is 5.75. The minimum absolute atomic E-state index is 0.228. The average Bonchev–Trinajstić information content (AvgIpc) is 2.93. The van der Waals surface area contributed by atoms with Gasteiger partial charge in [-0.25, -0.2) is 0 Å². The van der Waals surface area contributed by atoms with E-state index in [9.17, 15) is 4.79 Å². The first-order chi connectivity index (χ1) is 11.6. The summed E-state index contributed by atoms with van der Waals surface area (Å²) >= 11 is 0. The Hall–Kier alpha value is -1.81. The van der Waals surface area contributed by atoms with Crippen molar-refractivity contribution in [3.05, 3.63) is 41.0 Å². The van der Waals surface area contributed by atoms with Gasteiger partial charge in [0.15, 0.2) is 0 Å². The molecule has 4 heteroatoms. The Morgan fingerprint density at radius 2 is 2.00 bits per heavy atom. The zero-order valence-electron chi connectivity index (χ0n) is 14.7. The summed E-state index contributed by atoms with van der Waals surface area (Å²) in [7, 11) is 2.16. The van der Waals surface area contributed by atoms with E-state index in [1.165, 1.54) is 11.3 Å². The number of hydrogen-bond donors (Lipinski definition) is 1. The Kier molecular flexibility index (Phi) is 4.09. The number of benzene rings is 1. The van der Waals surface area contributed by atoms with Crippen molar-refractivity contribution in [1.82, 2.24) is 15.1 Å². The smallest absolute Gasteiger partial charge is 0.254 e. The number of amides is 1. The molecule has 0 radical (unpaired) electrons. The zero-order valence-corrected chi connectivity index (χ0v) is 14.7. The van der Waals surface area contributed by atoms with E-state index in [2.05, 4.69) is 53.4 Å². The molecule has 1 N–H and O–H groups in total. The fourth-order valence-electron chi connectivity index (χ4n) is 4.07. The Balaban J connectivity index is 1.54. The number of nitrogens with zero attached hydrogens (tertiary/aromatic N) is 2. The number of carbonyl (C=O) groups excluding carboxylic acids is 1. The van der Waals surface area contributed by atoms with Gasteiger partial charge in [-0.05, 0) is 62.5 Å². The van der Waals surface area contributed by atoms with Crippen molar-refractivity contribution in [3.63, 3.8) is 0 Å². The van der Waals surface area contributed by atoms with Crippen molar-refractivity contribution in [2.45, 2.75) is 38.8 Å². The van der Waals surface area contributed by atoms with E-state index in [1.54, 1.807) is 0 Å². The largest absolute Gasteiger partial charge is 0.385 e. The van der Waals surface area contributed by atoms with Crippen molar-refractivity contribution in [1.29, 1.82) is 0 Å². The van der Waals surface area contributed by atoms with E-state index >= 15 is 0 Å². The lowest BCUT2D eigenvalue weighted by Crippen LogP contribution is -2.43. The molecule has 0 aromatic heterocycles. The van der Waals surface area contributed by atoms with Crippen LogP contribution < -0.4 is 5.32 Å². The number of nitrogens with one attached hydrogen (secondary N) is 1. The molecule has 24 heavy (non-hydrogen) atoms. The minimum atomic E-state index is 0.228. The molecule has 0 aliphatic carbocycles. The van der Waals surface area contributed by atoms with Gasteiger partial charge in [-0.1, -0.05) is 25.1 Å². The molecule has 0 bridgehead atoms. The van der Waals surface area contributed by atoms with E-state index in [0.717, 1.165) is 56.6 Å². The van der Waals surface area contributed by atoms with Crippen LogP contribution in [0.4, 0.5) is 0 Å². The highest BCUT2D eigenvalue weighted by molar-refractivity contribution is 5.99. The molecule has 3 aliphatic rings. The summed E-state index contributed by atoms with van der Waals surface area (Å²) < 4.78 is 0. The maximum Gasteiger partial charge on any atom is 0.254 e. The van der Waals surface area contributed by atoms with E-state index in [-0.39, 0.29) is 5.91 Å². The number of hydrogen-bond acceptors (Lipinski definition) is 3. The highest BCUT2D eigenvalue weighted by Gasteiger charge is 2.34. The second kappa shape index (κ2) is 6.25. The Labute approximate surface area is 144 Å². The van der Waals surface area contributed by atoms with Gasteiger partial charge in [0.1, 0.15) is 0 Å². The predicted octanol–water partition coefficient (Wildman–Crippen LogP) is 2.71. The van der Waals surface area contributed by atoms with Crippen LogP contribution in [0.25, 0.3) is 5.70 Å². The summed E-state index contributed by atoms with van der Waals surface area (Å²) in [5.74, 6) is 0.913. The molecule has 1 atom stereocenters. The first-order valence-electron chi connectivity index (χ1n) is 9.18. The Bertz CT molecular complexity index is 673.